The van der Waals surface area contributed by atoms with Crippen molar-refractivity contribution in [3.8, 4) is 5.75 Å². The van der Waals surface area contributed by atoms with Crippen LogP contribution in [0.25, 0.3) is 0 Å². The summed E-state index contributed by atoms with van der Waals surface area (Å²) >= 11 is 9.69. The van der Waals surface area contributed by atoms with E-state index in [1.165, 1.54) is 6.21 Å². The predicted octanol–water partition coefficient (Wildman–Crippen LogP) is 3.57. The van der Waals surface area contributed by atoms with E-state index in [9.17, 15) is 14.4 Å². The molecular weight excluding hydrogens is 476 g/mol. The van der Waals surface area contributed by atoms with Gasteiger partial charge in [-0.15, -0.1) is 0 Å². The van der Waals surface area contributed by atoms with E-state index in [1.807, 2.05) is 12.2 Å². The highest BCUT2D eigenvalue weighted by atomic mass is 79.9. The second-order valence-electron chi connectivity index (χ2n) is 7.56. The van der Waals surface area contributed by atoms with Crippen molar-refractivity contribution < 1.29 is 23.9 Å². The van der Waals surface area contributed by atoms with Gasteiger partial charge >= 0.3 is 5.97 Å². The molecule has 0 spiro atoms. The van der Waals surface area contributed by atoms with Crippen molar-refractivity contribution in [2.75, 3.05) is 6.61 Å². The van der Waals surface area contributed by atoms with E-state index in [-0.39, 0.29) is 47.1 Å². The van der Waals surface area contributed by atoms with Crippen LogP contribution < -0.4 is 4.74 Å². The van der Waals surface area contributed by atoms with Crippen LogP contribution in [0.5, 0.6) is 5.75 Å². The molecule has 2 bridgehead atoms. The maximum absolute atomic E-state index is 12.7. The van der Waals surface area contributed by atoms with Crippen LogP contribution in [-0.4, -0.2) is 41.7 Å². The van der Waals surface area contributed by atoms with Crippen molar-refractivity contribution in [1.29, 1.82) is 0 Å². The molecular formula is C21H20BrClN2O5. The summed E-state index contributed by atoms with van der Waals surface area (Å²) in [6.07, 6.45) is 5.54. The Hall–Kier alpha value is -2.19. The molecule has 1 saturated heterocycles. The largest absolute Gasteiger partial charge is 0.476 e. The van der Waals surface area contributed by atoms with E-state index in [0.29, 0.717) is 15.8 Å². The molecule has 0 N–H and O–H groups in total. The number of amides is 2. The molecule has 1 aliphatic heterocycles. The number of hydrogen-bond donors (Lipinski definition) is 0. The lowest BCUT2D eigenvalue weighted by Crippen LogP contribution is -2.28. The number of fused-ring (bicyclic) bond motifs is 5. The van der Waals surface area contributed by atoms with E-state index in [0.717, 1.165) is 11.4 Å². The van der Waals surface area contributed by atoms with Crippen LogP contribution in [0.4, 0.5) is 0 Å². The smallest absolute Gasteiger partial charge is 0.347 e. The molecule has 1 saturated carbocycles. The Balaban J connectivity index is 1.49. The maximum Gasteiger partial charge on any atom is 0.347 e. The second kappa shape index (κ2) is 8.15. The van der Waals surface area contributed by atoms with Crippen LogP contribution in [0, 0.1) is 23.7 Å². The summed E-state index contributed by atoms with van der Waals surface area (Å²) in [7, 11) is 0. The standard InChI is InChI=1S/C21H20BrClN2O5/c1-3-29-21(28)10(2)30-18-14(22)6-11(7-15(18)23)9-24-25-19(26)16-12-4-5-13(8-12)17(16)20(25)27/h4-7,9-10,12-13,16-17H,3,8H2,1-2H3/t10-,12+,13+,16-,17+/m1/s1. The van der Waals surface area contributed by atoms with Crippen molar-refractivity contribution in [1.82, 2.24) is 5.01 Å². The van der Waals surface area contributed by atoms with E-state index >= 15 is 0 Å². The molecule has 2 fully saturated rings. The van der Waals surface area contributed by atoms with Crippen LogP contribution in [0.2, 0.25) is 5.02 Å². The third kappa shape index (κ3) is 3.56. The highest BCUT2D eigenvalue weighted by Gasteiger charge is 2.59. The van der Waals surface area contributed by atoms with Crippen molar-refractivity contribution in [2.24, 2.45) is 28.8 Å². The summed E-state index contributed by atoms with van der Waals surface area (Å²) in [5.74, 6) is -1.000. The molecule has 0 unspecified atom stereocenters. The van der Waals surface area contributed by atoms with Crippen LogP contribution in [0.3, 0.4) is 0 Å². The Kier molecular flexibility index (Phi) is 5.72. The van der Waals surface area contributed by atoms with Gasteiger partial charge in [0.05, 0.1) is 34.2 Å². The van der Waals surface area contributed by atoms with Crippen molar-refractivity contribution in [3.63, 3.8) is 0 Å². The Morgan fingerprint density at radius 3 is 2.50 bits per heavy atom. The van der Waals surface area contributed by atoms with E-state index in [4.69, 9.17) is 21.1 Å². The molecule has 9 heteroatoms. The number of benzene rings is 1. The van der Waals surface area contributed by atoms with Gasteiger partial charge < -0.3 is 9.47 Å². The van der Waals surface area contributed by atoms with Gasteiger partial charge in [-0.2, -0.15) is 10.1 Å². The van der Waals surface area contributed by atoms with Crippen LogP contribution in [0.1, 0.15) is 25.8 Å². The predicted molar refractivity (Wildman–Crippen MR) is 113 cm³/mol. The normalized spacial score (nSPS) is 27.8. The fourth-order valence-electron chi connectivity index (χ4n) is 4.38. The van der Waals surface area contributed by atoms with Gasteiger partial charge in [0.25, 0.3) is 11.8 Å². The van der Waals surface area contributed by atoms with E-state index < -0.39 is 12.1 Å². The minimum atomic E-state index is -0.832. The Morgan fingerprint density at radius 2 is 1.93 bits per heavy atom. The summed E-state index contributed by atoms with van der Waals surface area (Å²) < 4.78 is 11.0. The summed E-state index contributed by atoms with van der Waals surface area (Å²) in [6.45, 7) is 3.54. The van der Waals surface area contributed by atoms with Gasteiger partial charge in [0, 0.05) is 0 Å². The molecule has 3 aliphatic rings. The quantitative estimate of drug-likeness (QED) is 0.261. The number of esters is 1. The zero-order valence-corrected chi connectivity index (χ0v) is 18.7. The monoisotopic (exact) mass is 494 g/mol. The summed E-state index contributed by atoms with van der Waals surface area (Å²) in [5.41, 5.74) is 0.571. The number of hydrazone groups is 1. The zero-order valence-electron chi connectivity index (χ0n) is 16.4. The molecule has 1 aromatic carbocycles. The molecule has 0 aromatic heterocycles. The molecule has 1 aromatic rings. The number of ether oxygens (including phenoxy) is 2. The number of nitrogens with zero attached hydrogens (tertiary/aromatic N) is 2. The Labute approximate surface area is 187 Å². The van der Waals surface area contributed by atoms with Gasteiger partial charge in [0.2, 0.25) is 0 Å². The molecule has 7 nitrogen and oxygen atoms in total. The number of hydrogen-bond acceptors (Lipinski definition) is 6. The Bertz CT molecular complexity index is 925. The second-order valence-corrected chi connectivity index (χ2v) is 8.82. The summed E-state index contributed by atoms with van der Waals surface area (Å²) in [4.78, 5) is 37.2. The lowest BCUT2D eigenvalue weighted by molar-refractivity contribution is -0.150. The van der Waals surface area contributed by atoms with E-state index in [1.54, 1.807) is 26.0 Å². The summed E-state index contributed by atoms with van der Waals surface area (Å²) in [5, 5.41) is 5.38. The fourth-order valence-corrected chi connectivity index (χ4v) is 5.33. The summed E-state index contributed by atoms with van der Waals surface area (Å²) in [6, 6.07) is 3.26. The molecule has 2 aliphatic carbocycles. The van der Waals surface area contributed by atoms with Crippen LogP contribution in [-0.2, 0) is 19.1 Å². The van der Waals surface area contributed by atoms with Gasteiger partial charge in [0.1, 0.15) is 0 Å². The molecule has 5 atom stereocenters. The molecule has 4 rings (SSSR count). The molecule has 158 valence electrons. The average molecular weight is 496 g/mol. The minimum absolute atomic E-state index is 0.137. The number of carbonyl (C=O) groups is 3. The van der Waals surface area contributed by atoms with Crippen molar-refractivity contribution in [2.45, 2.75) is 26.4 Å². The first-order valence-corrected chi connectivity index (χ1v) is 10.9. The molecule has 2 amide bonds. The first kappa shape index (κ1) is 21.1. The number of allylic oxidation sites excluding steroid dienone is 2. The van der Waals surface area contributed by atoms with Gasteiger partial charge in [-0.1, -0.05) is 23.8 Å². The fraction of sp³-hybridized carbons (Fsp3) is 0.429. The molecule has 1 heterocycles. The van der Waals surface area contributed by atoms with Gasteiger partial charge in [-0.25, -0.2) is 4.79 Å². The van der Waals surface area contributed by atoms with Gasteiger partial charge in [0.15, 0.2) is 11.9 Å². The SMILES string of the molecule is CCOC(=O)[C@@H](C)Oc1c(Cl)cc(C=NN2C(=O)[C@@H]3[C@H](C2=O)[C@H]2C=C[C@H]3C2)cc1Br. The van der Waals surface area contributed by atoms with Gasteiger partial charge in [-0.3, -0.25) is 9.59 Å². The van der Waals surface area contributed by atoms with Crippen LogP contribution in [0.15, 0.2) is 33.9 Å². The maximum atomic E-state index is 12.7. The van der Waals surface area contributed by atoms with Crippen LogP contribution >= 0.6 is 27.5 Å². The third-order valence-corrected chi connectivity index (χ3v) is 6.57. The number of carbonyl (C=O) groups excluding carboxylic acids is 3. The highest BCUT2D eigenvalue weighted by molar-refractivity contribution is 9.10. The number of halogens is 2. The van der Waals surface area contributed by atoms with Crippen molar-refractivity contribution >= 4 is 51.5 Å². The number of rotatable bonds is 6. The third-order valence-electron chi connectivity index (χ3n) is 5.70. The molecule has 0 radical (unpaired) electrons. The molecule has 30 heavy (non-hydrogen) atoms. The minimum Gasteiger partial charge on any atom is -0.476 e. The Morgan fingerprint density at radius 1 is 1.30 bits per heavy atom. The first-order valence-electron chi connectivity index (χ1n) is 9.74. The van der Waals surface area contributed by atoms with Crippen molar-refractivity contribution in [3.05, 3.63) is 39.3 Å². The first-order chi connectivity index (χ1) is 14.3. The van der Waals surface area contributed by atoms with E-state index in [2.05, 4.69) is 21.0 Å². The van der Waals surface area contributed by atoms with Gasteiger partial charge in [-0.05, 0) is 65.7 Å². The average Bonchev–Trinajstić information content (AvgIpc) is 3.37. The lowest BCUT2D eigenvalue weighted by Gasteiger charge is -2.16. The topological polar surface area (TPSA) is 85.3 Å². The lowest BCUT2D eigenvalue weighted by atomic mass is 9.85. The zero-order chi connectivity index (χ0) is 21.6. The number of imide groups is 1. The highest BCUT2D eigenvalue weighted by Crippen LogP contribution is 2.52.